The minimum atomic E-state index is -0.591. The van der Waals surface area contributed by atoms with Gasteiger partial charge in [0.1, 0.15) is 11.6 Å². The molecule has 0 saturated heterocycles. The largest absolute Gasteiger partial charge is 0.359 e. The summed E-state index contributed by atoms with van der Waals surface area (Å²) in [6.07, 6.45) is 0.333. The zero-order chi connectivity index (χ0) is 12.0. The second-order valence-electron chi connectivity index (χ2n) is 3.34. The highest BCUT2D eigenvalue weighted by molar-refractivity contribution is 5.75. The van der Waals surface area contributed by atoms with E-state index in [0.717, 1.165) is 6.07 Å². The van der Waals surface area contributed by atoms with Gasteiger partial charge in [0, 0.05) is 38.2 Å². The first kappa shape index (κ1) is 12.6. The number of rotatable bonds is 5. The molecule has 88 valence electrons. The smallest absolute Gasteiger partial charge is 0.221 e. The highest BCUT2D eigenvalue weighted by Crippen LogP contribution is 2.08. The van der Waals surface area contributed by atoms with Gasteiger partial charge in [-0.05, 0) is 6.07 Å². The van der Waals surface area contributed by atoms with E-state index in [9.17, 15) is 13.6 Å². The molecule has 0 atom stereocenters. The summed E-state index contributed by atoms with van der Waals surface area (Å²) in [6.45, 7) is 0.736. The molecule has 0 radical (unpaired) electrons. The van der Waals surface area contributed by atoms with Gasteiger partial charge in [0.2, 0.25) is 5.91 Å². The lowest BCUT2D eigenvalue weighted by molar-refractivity contribution is -0.120. The molecule has 16 heavy (non-hydrogen) atoms. The Balaban J connectivity index is 2.35. The van der Waals surface area contributed by atoms with Crippen LogP contribution < -0.4 is 10.6 Å². The van der Waals surface area contributed by atoms with Gasteiger partial charge in [0.25, 0.3) is 0 Å². The third kappa shape index (κ3) is 3.94. The summed E-state index contributed by atoms with van der Waals surface area (Å²) in [5.74, 6) is -1.24. The maximum Gasteiger partial charge on any atom is 0.221 e. The number of hydrogen-bond donors (Lipinski definition) is 2. The van der Waals surface area contributed by atoms with Crippen LogP contribution in [0.5, 0.6) is 0 Å². The van der Waals surface area contributed by atoms with Gasteiger partial charge in [0.05, 0.1) is 0 Å². The number of benzene rings is 1. The Hall–Kier alpha value is -1.49. The molecule has 0 fully saturated rings. The van der Waals surface area contributed by atoms with Crippen LogP contribution in [0.15, 0.2) is 18.2 Å². The molecule has 0 spiro atoms. The summed E-state index contributed by atoms with van der Waals surface area (Å²) in [6, 6.07) is 3.44. The Kier molecular flexibility index (Phi) is 4.85. The van der Waals surface area contributed by atoms with Crippen LogP contribution >= 0.6 is 0 Å². The average molecular weight is 228 g/mol. The van der Waals surface area contributed by atoms with E-state index in [4.69, 9.17) is 0 Å². The van der Waals surface area contributed by atoms with Crippen molar-refractivity contribution >= 4 is 5.91 Å². The SMILES string of the molecule is CNC(=O)CCNCc1ccc(F)cc1F. The van der Waals surface area contributed by atoms with Crippen molar-refractivity contribution in [1.82, 2.24) is 10.6 Å². The summed E-state index contributed by atoms with van der Waals surface area (Å²) in [4.78, 5) is 10.9. The minimum absolute atomic E-state index is 0.0768. The van der Waals surface area contributed by atoms with E-state index in [1.807, 2.05) is 0 Å². The van der Waals surface area contributed by atoms with Crippen LogP contribution in [-0.4, -0.2) is 19.5 Å². The molecule has 0 heterocycles. The van der Waals surface area contributed by atoms with Crippen LogP contribution in [0.3, 0.4) is 0 Å². The summed E-state index contributed by atoms with van der Waals surface area (Å²) in [7, 11) is 1.56. The van der Waals surface area contributed by atoms with Crippen molar-refractivity contribution in [2.24, 2.45) is 0 Å². The van der Waals surface area contributed by atoms with E-state index < -0.39 is 11.6 Å². The van der Waals surface area contributed by atoms with E-state index in [0.29, 0.717) is 18.5 Å². The molecule has 0 aliphatic rings. The van der Waals surface area contributed by atoms with Crippen molar-refractivity contribution in [2.75, 3.05) is 13.6 Å². The van der Waals surface area contributed by atoms with Crippen LogP contribution in [0.2, 0.25) is 0 Å². The zero-order valence-electron chi connectivity index (χ0n) is 9.02. The Bertz CT molecular complexity index is 369. The fourth-order valence-corrected chi connectivity index (χ4v) is 1.22. The third-order valence-corrected chi connectivity index (χ3v) is 2.14. The van der Waals surface area contributed by atoms with E-state index in [1.165, 1.54) is 12.1 Å². The normalized spacial score (nSPS) is 10.2. The number of amides is 1. The van der Waals surface area contributed by atoms with Crippen molar-refractivity contribution in [3.63, 3.8) is 0 Å². The maximum atomic E-state index is 13.1. The first-order valence-electron chi connectivity index (χ1n) is 4.98. The lowest BCUT2D eigenvalue weighted by atomic mass is 10.2. The van der Waals surface area contributed by atoms with Gasteiger partial charge in [0.15, 0.2) is 0 Å². The number of halogens is 2. The van der Waals surface area contributed by atoms with Gasteiger partial charge in [-0.2, -0.15) is 0 Å². The lowest BCUT2D eigenvalue weighted by Gasteiger charge is -2.05. The van der Waals surface area contributed by atoms with Crippen molar-refractivity contribution in [3.8, 4) is 0 Å². The Morgan fingerprint density at radius 2 is 2.12 bits per heavy atom. The van der Waals surface area contributed by atoms with Gasteiger partial charge in [-0.3, -0.25) is 4.79 Å². The second kappa shape index (κ2) is 6.17. The molecule has 5 heteroatoms. The van der Waals surface area contributed by atoms with Crippen LogP contribution in [0.25, 0.3) is 0 Å². The van der Waals surface area contributed by atoms with Crippen molar-refractivity contribution in [3.05, 3.63) is 35.4 Å². The van der Waals surface area contributed by atoms with Gasteiger partial charge < -0.3 is 10.6 Å². The van der Waals surface area contributed by atoms with E-state index in [-0.39, 0.29) is 12.5 Å². The van der Waals surface area contributed by atoms with E-state index >= 15 is 0 Å². The summed E-state index contributed by atoms with van der Waals surface area (Å²) in [5, 5.41) is 5.38. The topological polar surface area (TPSA) is 41.1 Å². The van der Waals surface area contributed by atoms with E-state index in [1.54, 1.807) is 7.05 Å². The number of carbonyl (C=O) groups is 1. The van der Waals surface area contributed by atoms with Gasteiger partial charge in [-0.1, -0.05) is 6.07 Å². The molecule has 0 bridgehead atoms. The number of hydrogen-bond acceptors (Lipinski definition) is 2. The first-order chi connectivity index (χ1) is 7.63. The predicted octanol–water partition coefficient (Wildman–Crippen LogP) is 1.19. The van der Waals surface area contributed by atoms with Crippen LogP contribution in [0, 0.1) is 11.6 Å². The summed E-state index contributed by atoms with van der Waals surface area (Å²) in [5.41, 5.74) is 0.387. The molecule has 0 aliphatic carbocycles. The van der Waals surface area contributed by atoms with Crippen molar-refractivity contribution < 1.29 is 13.6 Å². The molecule has 1 aromatic rings. The lowest BCUT2D eigenvalue weighted by Crippen LogP contribution is -2.24. The van der Waals surface area contributed by atoms with Crippen LogP contribution in [-0.2, 0) is 11.3 Å². The second-order valence-corrected chi connectivity index (χ2v) is 3.34. The average Bonchev–Trinajstić information content (AvgIpc) is 2.26. The number of nitrogens with one attached hydrogen (secondary N) is 2. The minimum Gasteiger partial charge on any atom is -0.359 e. The van der Waals surface area contributed by atoms with Gasteiger partial charge in [-0.15, -0.1) is 0 Å². The molecule has 1 aromatic carbocycles. The van der Waals surface area contributed by atoms with Crippen LogP contribution in [0.1, 0.15) is 12.0 Å². The predicted molar refractivity (Wildman–Crippen MR) is 56.7 cm³/mol. The molecule has 0 unspecified atom stereocenters. The molecule has 0 aromatic heterocycles. The van der Waals surface area contributed by atoms with Gasteiger partial charge >= 0.3 is 0 Å². The molecule has 0 saturated carbocycles. The Morgan fingerprint density at radius 3 is 2.75 bits per heavy atom. The fourth-order valence-electron chi connectivity index (χ4n) is 1.22. The fraction of sp³-hybridized carbons (Fsp3) is 0.364. The van der Waals surface area contributed by atoms with Crippen molar-refractivity contribution in [2.45, 2.75) is 13.0 Å². The van der Waals surface area contributed by atoms with E-state index in [2.05, 4.69) is 10.6 Å². The zero-order valence-corrected chi connectivity index (χ0v) is 9.02. The summed E-state index contributed by atoms with van der Waals surface area (Å²) < 4.78 is 25.7. The molecular weight excluding hydrogens is 214 g/mol. The Labute approximate surface area is 92.8 Å². The highest BCUT2D eigenvalue weighted by Gasteiger charge is 2.03. The standard InChI is InChI=1S/C11H14F2N2O/c1-14-11(16)4-5-15-7-8-2-3-9(12)6-10(8)13/h2-3,6,15H,4-5,7H2,1H3,(H,14,16). The molecule has 3 nitrogen and oxygen atoms in total. The molecule has 0 aliphatic heterocycles. The Morgan fingerprint density at radius 1 is 1.38 bits per heavy atom. The van der Waals surface area contributed by atoms with Gasteiger partial charge in [-0.25, -0.2) is 8.78 Å². The monoisotopic (exact) mass is 228 g/mol. The maximum absolute atomic E-state index is 13.1. The summed E-state index contributed by atoms with van der Waals surface area (Å²) >= 11 is 0. The third-order valence-electron chi connectivity index (χ3n) is 2.14. The first-order valence-corrected chi connectivity index (χ1v) is 4.98. The number of carbonyl (C=O) groups excluding carboxylic acids is 1. The van der Waals surface area contributed by atoms with Crippen molar-refractivity contribution in [1.29, 1.82) is 0 Å². The molecule has 1 rings (SSSR count). The highest BCUT2D eigenvalue weighted by atomic mass is 19.1. The molecular formula is C11H14F2N2O. The quantitative estimate of drug-likeness (QED) is 0.743. The molecule has 1 amide bonds. The van der Waals surface area contributed by atoms with Crippen LogP contribution in [0.4, 0.5) is 8.78 Å². The molecule has 2 N–H and O–H groups in total.